The molecule has 1 atom stereocenters. The molecule has 110 valence electrons. The summed E-state index contributed by atoms with van der Waals surface area (Å²) in [5.74, 6) is 1.43. The summed E-state index contributed by atoms with van der Waals surface area (Å²) < 4.78 is 0. The SMILES string of the molecule is CN(CCO)c1nc(N2CCCC2NC=O)ccc1N. The van der Waals surface area contributed by atoms with Crippen molar-refractivity contribution in [2.24, 2.45) is 0 Å². The molecule has 1 saturated heterocycles. The Balaban J connectivity index is 2.24. The lowest BCUT2D eigenvalue weighted by Crippen LogP contribution is -2.41. The summed E-state index contributed by atoms with van der Waals surface area (Å²) in [7, 11) is 1.84. The number of carbonyl (C=O) groups is 1. The standard InChI is InChI=1S/C13H21N5O2/c1-17(7-8-19)13-10(14)4-5-12(16-13)18-6-2-3-11(18)15-9-20/h4-5,9,11,19H,2-3,6-8,14H2,1H3,(H,15,20). The topological polar surface area (TPSA) is 94.7 Å². The maximum atomic E-state index is 10.6. The van der Waals surface area contributed by atoms with E-state index < -0.39 is 0 Å². The van der Waals surface area contributed by atoms with Crippen LogP contribution >= 0.6 is 0 Å². The Morgan fingerprint density at radius 2 is 2.45 bits per heavy atom. The predicted molar refractivity (Wildman–Crippen MR) is 78.6 cm³/mol. The van der Waals surface area contributed by atoms with Crippen molar-refractivity contribution >= 4 is 23.7 Å². The largest absolute Gasteiger partial charge is 0.396 e. The van der Waals surface area contributed by atoms with E-state index in [9.17, 15) is 4.79 Å². The number of pyridine rings is 1. The van der Waals surface area contributed by atoms with Crippen LogP contribution in [0.2, 0.25) is 0 Å². The number of nitrogens with two attached hydrogens (primary N) is 1. The minimum absolute atomic E-state index is 0.0142. The van der Waals surface area contributed by atoms with Gasteiger partial charge in [-0.05, 0) is 25.0 Å². The number of hydrogen-bond acceptors (Lipinski definition) is 6. The number of aliphatic hydroxyl groups excluding tert-OH is 1. The van der Waals surface area contributed by atoms with Gasteiger partial charge in [0.15, 0.2) is 5.82 Å². The Morgan fingerprint density at radius 3 is 3.15 bits per heavy atom. The fraction of sp³-hybridized carbons (Fsp3) is 0.538. The minimum atomic E-state index is -0.0142. The maximum Gasteiger partial charge on any atom is 0.208 e. The number of likely N-dealkylation sites (N-methyl/N-ethyl adjacent to an activating group) is 1. The summed E-state index contributed by atoms with van der Waals surface area (Å²) >= 11 is 0. The van der Waals surface area contributed by atoms with E-state index in [1.807, 2.05) is 24.1 Å². The average Bonchev–Trinajstić information content (AvgIpc) is 2.88. The number of nitrogens with one attached hydrogen (secondary N) is 1. The summed E-state index contributed by atoms with van der Waals surface area (Å²) in [5, 5.41) is 11.8. The summed E-state index contributed by atoms with van der Waals surface area (Å²) in [6.45, 7) is 1.36. The first-order valence-electron chi connectivity index (χ1n) is 6.72. The van der Waals surface area contributed by atoms with Gasteiger partial charge < -0.3 is 26.0 Å². The van der Waals surface area contributed by atoms with Gasteiger partial charge >= 0.3 is 0 Å². The third-order valence-electron chi connectivity index (χ3n) is 3.50. The van der Waals surface area contributed by atoms with Crippen molar-refractivity contribution in [2.75, 3.05) is 42.3 Å². The van der Waals surface area contributed by atoms with Crippen molar-refractivity contribution in [1.82, 2.24) is 10.3 Å². The molecule has 1 aromatic rings. The quantitative estimate of drug-likeness (QED) is 0.622. The molecule has 0 saturated carbocycles. The van der Waals surface area contributed by atoms with Crippen molar-refractivity contribution in [3.05, 3.63) is 12.1 Å². The zero-order valence-corrected chi connectivity index (χ0v) is 11.6. The van der Waals surface area contributed by atoms with Gasteiger partial charge in [0.1, 0.15) is 12.0 Å². The predicted octanol–water partition coefficient (Wildman–Crippen LogP) is -0.235. The third-order valence-corrected chi connectivity index (χ3v) is 3.50. The van der Waals surface area contributed by atoms with Crippen LogP contribution in [0.25, 0.3) is 0 Å². The van der Waals surface area contributed by atoms with Gasteiger partial charge in [-0.15, -0.1) is 0 Å². The number of nitrogen functional groups attached to an aromatic ring is 1. The number of hydrogen-bond donors (Lipinski definition) is 3. The Morgan fingerprint density at radius 1 is 1.65 bits per heavy atom. The van der Waals surface area contributed by atoms with E-state index in [1.54, 1.807) is 0 Å². The van der Waals surface area contributed by atoms with Crippen molar-refractivity contribution in [3.8, 4) is 0 Å². The zero-order valence-electron chi connectivity index (χ0n) is 11.6. The second-order valence-corrected chi connectivity index (χ2v) is 4.86. The molecule has 0 aromatic carbocycles. The highest BCUT2D eigenvalue weighted by Crippen LogP contribution is 2.27. The maximum absolute atomic E-state index is 10.6. The molecule has 7 heteroatoms. The molecule has 1 amide bonds. The summed E-state index contributed by atoms with van der Waals surface area (Å²) in [4.78, 5) is 19.1. The molecule has 2 rings (SSSR count). The van der Waals surface area contributed by atoms with Crippen LogP contribution in [0.3, 0.4) is 0 Å². The van der Waals surface area contributed by atoms with Crippen molar-refractivity contribution in [1.29, 1.82) is 0 Å². The number of anilines is 3. The Hall–Kier alpha value is -2.02. The second kappa shape index (κ2) is 6.42. The van der Waals surface area contributed by atoms with Crippen LogP contribution in [0.4, 0.5) is 17.3 Å². The first-order valence-corrected chi connectivity index (χ1v) is 6.72. The van der Waals surface area contributed by atoms with Gasteiger partial charge in [-0.25, -0.2) is 4.98 Å². The van der Waals surface area contributed by atoms with E-state index in [0.717, 1.165) is 31.6 Å². The van der Waals surface area contributed by atoms with Gasteiger partial charge in [-0.1, -0.05) is 0 Å². The lowest BCUT2D eigenvalue weighted by atomic mass is 10.3. The van der Waals surface area contributed by atoms with Gasteiger partial charge in [0.05, 0.1) is 12.3 Å². The lowest BCUT2D eigenvalue weighted by Gasteiger charge is -2.27. The third kappa shape index (κ3) is 2.93. The second-order valence-electron chi connectivity index (χ2n) is 4.86. The van der Waals surface area contributed by atoms with Crippen molar-refractivity contribution in [3.63, 3.8) is 0 Å². The molecule has 0 aliphatic carbocycles. The van der Waals surface area contributed by atoms with Crippen LogP contribution < -0.4 is 20.9 Å². The van der Waals surface area contributed by atoms with E-state index in [-0.39, 0.29) is 12.8 Å². The first-order chi connectivity index (χ1) is 9.67. The highest BCUT2D eigenvalue weighted by Gasteiger charge is 2.25. The molecule has 7 nitrogen and oxygen atoms in total. The van der Waals surface area contributed by atoms with Gasteiger partial charge in [0.25, 0.3) is 0 Å². The molecular formula is C13H21N5O2. The molecule has 4 N–H and O–H groups in total. The minimum Gasteiger partial charge on any atom is -0.396 e. The highest BCUT2D eigenvalue weighted by molar-refractivity contribution is 5.66. The van der Waals surface area contributed by atoms with Crippen LogP contribution in [0.15, 0.2) is 12.1 Å². The summed E-state index contributed by atoms with van der Waals surface area (Å²) in [6, 6.07) is 3.66. The number of aliphatic hydroxyl groups is 1. The molecule has 2 heterocycles. The first kappa shape index (κ1) is 14.4. The van der Waals surface area contributed by atoms with E-state index in [0.29, 0.717) is 18.1 Å². The molecule has 1 unspecified atom stereocenters. The highest BCUT2D eigenvalue weighted by atomic mass is 16.3. The molecule has 0 radical (unpaired) electrons. The van der Waals surface area contributed by atoms with Crippen LogP contribution in [-0.2, 0) is 4.79 Å². The van der Waals surface area contributed by atoms with Crippen LogP contribution in [0.5, 0.6) is 0 Å². The average molecular weight is 279 g/mol. The fourth-order valence-electron chi connectivity index (χ4n) is 2.46. The molecule has 1 aliphatic heterocycles. The van der Waals surface area contributed by atoms with E-state index in [1.165, 1.54) is 0 Å². The van der Waals surface area contributed by atoms with E-state index in [4.69, 9.17) is 10.8 Å². The fourth-order valence-corrected chi connectivity index (χ4v) is 2.46. The molecular weight excluding hydrogens is 258 g/mol. The van der Waals surface area contributed by atoms with Crippen LogP contribution in [-0.4, -0.2) is 49.4 Å². The van der Waals surface area contributed by atoms with Gasteiger partial charge in [0, 0.05) is 20.1 Å². The molecule has 1 fully saturated rings. The lowest BCUT2D eigenvalue weighted by molar-refractivity contribution is -0.110. The number of carbonyl (C=O) groups excluding carboxylic acids is 1. The number of amides is 1. The zero-order chi connectivity index (χ0) is 14.5. The van der Waals surface area contributed by atoms with Crippen molar-refractivity contribution < 1.29 is 9.90 Å². The number of nitrogens with zero attached hydrogens (tertiary/aromatic N) is 3. The number of rotatable bonds is 6. The molecule has 20 heavy (non-hydrogen) atoms. The monoisotopic (exact) mass is 279 g/mol. The summed E-state index contributed by atoms with van der Waals surface area (Å²) in [5.41, 5.74) is 6.51. The van der Waals surface area contributed by atoms with Crippen LogP contribution in [0, 0.1) is 0 Å². The Bertz CT molecular complexity index is 468. The van der Waals surface area contributed by atoms with E-state index in [2.05, 4.69) is 15.2 Å². The molecule has 1 aliphatic rings. The van der Waals surface area contributed by atoms with E-state index >= 15 is 0 Å². The Kier molecular flexibility index (Phi) is 4.62. The molecule has 0 bridgehead atoms. The molecule has 1 aromatic heterocycles. The van der Waals surface area contributed by atoms with Crippen molar-refractivity contribution in [2.45, 2.75) is 19.0 Å². The molecule has 0 spiro atoms. The van der Waals surface area contributed by atoms with Crippen LogP contribution in [0.1, 0.15) is 12.8 Å². The van der Waals surface area contributed by atoms with Gasteiger partial charge in [-0.2, -0.15) is 0 Å². The van der Waals surface area contributed by atoms with Gasteiger partial charge in [-0.3, -0.25) is 4.79 Å². The normalized spacial score (nSPS) is 18.1. The Labute approximate surface area is 118 Å². The number of aromatic nitrogens is 1. The van der Waals surface area contributed by atoms with Gasteiger partial charge in [0.2, 0.25) is 6.41 Å². The smallest absolute Gasteiger partial charge is 0.208 e. The summed E-state index contributed by atoms with van der Waals surface area (Å²) in [6.07, 6.45) is 2.63.